The Bertz CT molecular complexity index is 877. The average molecular weight is 352 g/mol. The highest BCUT2D eigenvalue weighted by Gasteiger charge is 2.29. The summed E-state index contributed by atoms with van der Waals surface area (Å²) in [5, 5.41) is 3.42. The van der Waals surface area contributed by atoms with E-state index in [1.165, 1.54) is 0 Å². The smallest absolute Gasteiger partial charge is 0.357 e. The number of nitrogens with zero attached hydrogens (tertiary/aromatic N) is 2. The lowest BCUT2D eigenvalue weighted by atomic mass is 9.98. The van der Waals surface area contributed by atoms with Crippen molar-refractivity contribution < 1.29 is 9.53 Å². The second kappa shape index (κ2) is 6.53. The molecule has 0 bridgehead atoms. The summed E-state index contributed by atoms with van der Waals surface area (Å²) >= 11 is 6.00. The van der Waals surface area contributed by atoms with E-state index < -0.39 is 5.97 Å². The largest absolute Gasteiger partial charge is 0.456 e. The molecule has 0 amide bonds. The number of esters is 1. The number of halogens is 1. The topological polar surface area (TPSA) is 64.1 Å². The molecular formula is C19H14ClN3O2. The number of carbonyl (C=O) groups excluding carboxylic acids is 1. The van der Waals surface area contributed by atoms with Crippen molar-refractivity contribution >= 4 is 23.4 Å². The van der Waals surface area contributed by atoms with Gasteiger partial charge in [0.15, 0.2) is 5.69 Å². The first-order valence-corrected chi connectivity index (χ1v) is 8.20. The van der Waals surface area contributed by atoms with Crippen LogP contribution in [0.2, 0.25) is 5.28 Å². The normalized spacial score (nSPS) is 12.8. The van der Waals surface area contributed by atoms with Crippen LogP contribution in [0.5, 0.6) is 0 Å². The lowest BCUT2D eigenvalue weighted by Crippen LogP contribution is -2.15. The Morgan fingerprint density at radius 3 is 2.16 bits per heavy atom. The van der Waals surface area contributed by atoms with Gasteiger partial charge in [-0.15, -0.1) is 0 Å². The third-order valence-electron chi connectivity index (χ3n) is 4.07. The van der Waals surface area contributed by atoms with Gasteiger partial charge in [0.2, 0.25) is 5.28 Å². The zero-order chi connectivity index (χ0) is 17.2. The number of fused-ring (bicyclic) bond motifs is 1. The zero-order valence-corrected chi connectivity index (χ0v) is 13.9. The first kappa shape index (κ1) is 15.6. The molecule has 25 heavy (non-hydrogen) atoms. The van der Waals surface area contributed by atoms with Crippen LogP contribution in [0.3, 0.4) is 0 Å². The van der Waals surface area contributed by atoms with Crippen molar-refractivity contribution in [3.8, 4) is 0 Å². The fraction of sp³-hybridized carbons (Fsp3) is 0.105. The molecule has 2 aromatic carbocycles. The number of carbonyl (C=O) groups is 1. The van der Waals surface area contributed by atoms with Gasteiger partial charge in [0.1, 0.15) is 12.4 Å². The van der Waals surface area contributed by atoms with E-state index in [0.29, 0.717) is 11.4 Å². The van der Waals surface area contributed by atoms with Gasteiger partial charge in [-0.3, -0.25) is 0 Å². The second-order valence-corrected chi connectivity index (χ2v) is 5.98. The molecule has 2 heterocycles. The van der Waals surface area contributed by atoms with E-state index >= 15 is 0 Å². The summed E-state index contributed by atoms with van der Waals surface area (Å²) in [6, 6.07) is 19.9. The molecule has 4 rings (SSSR count). The summed E-state index contributed by atoms with van der Waals surface area (Å²) in [6.45, 7) is 0.143. The number of benzene rings is 2. The Morgan fingerprint density at radius 1 is 0.960 bits per heavy atom. The third-order valence-corrected chi connectivity index (χ3v) is 4.24. The van der Waals surface area contributed by atoms with Crippen LogP contribution in [0, 0.1) is 0 Å². The fourth-order valence-corrected chi connectivity index (χ4v) is 3.04. The van der Waals surface area contributed by atoms with Gasteiger partial charge in [-0.1, -0.05) is 60.7 Å². The van der Waals surface area contributed by atoms with Gasteiger partial charge in [-0.25, -0.2) is 14.8 Å². The minimum Gasteiger partial charge on any atom is -0.456 e. The van der Waals surface area contributed by atoms with Crippen LogP contribution in [0.15, 0.2) is 60.7 Å². The van der Waals surface area contributed by atoms with Crippen LogP contribution >= 0.6 is 11.6 Å². The highest BCUT2D eigenvalue weighted by Crippen LogP contribution is 2.31. The molecule has 0 saturated carbocycles. The van der Waals surface area contributed by atoms with Crippen molar-refractivity contribution in [2.75, 3.05) is 5.32 Å². The van der Waals surface area contributed by atoms with Crippen molar-refractivity contribution in [3.63, 3.8) is 0 Å². The Kier molecular flexibility index (Phi) is 4.07. The van der Waals surface area contributed by atoms with E-state index in [9.17, 15) is 4.79 Å². The molecule has 0 saturated heterocycles. The molecule has 1 aliphatic heterocycles. The van der Waals surface area contributed by atoms with Gasteiger partial charge in [0, 0.05) is 0 Å². The van der Waals surface area contributed by atoms with E-state index in [0.717, 1.165) is 11.1 Å². The van der Waals surface area contributed by atoms with Crippen LogP contribution in [0.1, 0.15) is 33.2 Å². The number of anilines is 1. The van der Waals surface area contributed by atoms with Crippen LogP contribution in [0.25, 0.3) is 0 Å². The Labute approximate surface area is 149 Å². The molecule has 3 aromatic rings. The minimum atomic E-state index is -0.474. The molecule has 1 N–H and O–H groups in total. The predicted molar refractivity (Wildman–Crippen MR) is 94.5 cm³/mol. The summed E-state index contributed by atoms with van der Waals surface area (Å²) < 4.78 is 5.07. The highest BCUT2D eigenvalue weighted by molar-refractivity contribution is 6.28. The van der Waals surface area contributed by atoms with Crippen molar-refractivity contribution in [2.24, 2.45) is 0 Å². The fourth-order valence-electron chi connectivity index (χ4n) is 2.87. The Hall–Kier alpha value is -2.92. The van der Waals surface area contributed by atoms with E-state index in [1.807, 2.05) is 60.7 Å². The Morgan fingerprint density at radius 2 is 1.56 bits per heavy atom. The van der Waals surface area contributed by atoms with Gasteiger partial charge in [0.05, 0.1) is 11.6 Å². The number of hydrogen-bond donors (Lipinski definition) is 1. The highest BCUT2D eigenvalue weighted by atomic mass is 35.5. The molecule has 124 valence electrons. The third kappa shape index (κ3) is 3.06. The molecule has 6 heteroatoms. The number of nitrogens with one attached hydrogen (secondary N) is 1. The van der Waals surface area contributed by atoms with Gasteiger partial charge in [-0.2, -0.15) is 0 Å². The summed E-state index contributed by atoms with van der Waals surface area (Å²) in [7, 11) is 0. The molecular weight excluding hydrogens is 338 g/mol. The number of rotatable bonds is 4. The summed E-state index contributed by atoms with van der Waals surface area (Å²) in [6.07, 6.45) is 0. The monoisotopic (exact) mass is 351 g/mol. The van der Waals surface area contributed by atoms with E-state index in [4.69, 9.17) is 16.3 Å². The van der Waals surface area contributed by atoms with Crippen LogP contribution in [0.4, 0.5) is 5.82 Å². The quantitative estimate of drug-likeness (QED) is 0.568. The summed E-state index contributed by atoms with van der Waals surface area (Å²) in [5.74, 6) is 0.0388. The second-order valence-electron chi connectivity index (χ2n) is 5.64. The van der Waals surface area contributed by atoms with E-state index in [-0.39, 0.29) is 23.6 Å². The summed E-state index contributed by atoms with van der Waals surface area (Å²) in [5.41, 5.74) is 3.00. The average Bonchev–Trinajstić information content (AvgIpc) is 3.02. The summed E-state index contributed by atoms with van der Waals surface area (Å²) in [4.78, 5) is 20.1. The molecule has 0 atom stereocenters. The van der Waals surface area contributed by atoms with Crippen LogP contribution in [-0.2, 0) is 11.3 Å². The lowest BCUT2D eigenvalue weighted by Gasteiger charge is -2.21. The van der Waals surface area contributed by atoms with Crippen molar-refractivity contribution in [1.82, 2.24) is 9.97 Å². The minimum absolute atomic E-state index is 0.0139. The molecule has 0 fully saturated rings. The number of cyclic esters (lactones) is 1. The molecule has 0 aliphatic carbocycles. The molecule has 0 spiro atoms. The van der Waals surface area contributed by atoms with E-state index in [2.05, 4.69) is 15.3 Å². The molecule has 5 nitrogen and oxygen atoms in total. The van der Waals surface area contributed by atoms with Gasteiger partial charge in [0.25, 0.3) is 0 Å². The van der Waals surface area contributed by atoms with Gasteiger partial charge in [-0.05, 0) is 22.7 Å². The van der Waals surface area contributed by atoms with Crippen molar-refractivity contribution in [1.29, 1.82) is 0 Å². The first-order valence-electron chi connectivity index (χ1n) is 7.82. The van der Waals surface area contributed by atoms with Crippen molar-refractivity contribution in [3.05, 3.63) is 88.3 Å². The molecule has 1 aromatic heterocycles. The van der Waals surface area contributed by atoms with Crippen molar-refractivity contribution in [2.45, 2.75) is 12.6 Å². The molecule has 0 radical (unpaired) electrons. The lowest BCUT2D eigenvalue weighted by molar-refractivity contribution is 0.0531. The predicted octanol–water partition coefficient (Wildman–Crippen LogP) is 4.00. The van der Waals surface area contributed by atoms with Gasteiger partial charge < -0.3 is 10.1 Å². The number of ether oxygens (including phenoxy) is 1. The Balaban J connectivity index is 1.78. The standard InChI is InChI=1S/C19H14ClN3O2/c20-19-22-16-14(11-25-18(16)24)17(23-19)21-15(12-7-3-1-4-8-12)13-9-5-2-6-10-13/h1-10,15H,11H2,(H,21,22,23). The number of hydrogen-bond acceptors (Lipinski definition) is 5. The maximum Gasteiger partial charge on any atom is 0.357 e. The zero-order valence-electron chi connectivity index (χ0n) is 13.1. The number of aromatic nitrogens is 2. The first-order chi connectivity index (χ1) is 12.2. The molecule has 0 unspecified atom stereocenters. The molecule has 1 aliphatic rings. The SMILES string of the molecule is O=C1OCc2c(NC(c3ccccc3)c3ccccc3)nc(Cl)nc21. The maximum atomic E-state index is 11.8. The van der Waals surface area contributed by atoms with Gasteiger partial charge >= 0.3 is 5.97 Å². The van der Waals surface area contributed by atoms with Crippen LogP contribution in [-0.4, -0.2) is 15.9 Å². The van der Waals surface area contributed by atoms with Crippen LogP contribution < -0.4 is 5.32 Å². The maximum absolute atomic E-state index is 11.8. The van der Waals surface area contributed by atoms with E-state index in [1.54, 1.807) is 0 Å².